The van der Waals surface area contributed by atoms with Gasteiger partial charge in [0.25, 0.3) is 5.91 Å². The number of hydrazone groups is 1. The van der Waals surface area contributed by atoms with Crippen LogP contribution in [0.1, 0.15) is 38.2 Å². The summed E-state index contributed by atoms with van der Waals surface area (Å²) in [6, 6.07) is 13.7. The zero-order valence-corrected chi connectivity index (χ0v) is 22.5. The zero-order chi connectivity index (χ0) is 24.2. The van der Waals surface area contributed by atoms with Crippen LogP contribution in [0.5, 0.6) is 11.5 Å². The molecular formula is C25H28BrN3O3S2. The average molecular weight is 563 g/mol. The number of carbonyl (C=O) groups is 1. The van der Waals surface area contributed by atoms with Gasteiger partial charge in [-0.15, -0.1) is 11.3 Å². The van der Waals surface area contributed by atoms with Crippen molar-refractivity contribution in [2.24, 2.45) is 5.10 Å². The summed E-state index contributed by atoms with van der Waals surface area (Å²) in [6.07, 6.45) is 6.13. The highest BCUT2D eigenvalue weighted by Crippen LogP contribution is 2.36. The molecule has 1 heterocycles. The molecule has 1 amide bonds. The molecule has 1 aromatic heterocycles. The number of rotatable bonds is 13. The summed E-state index contributed by atoms with van der Waals surface area (Å²) in [5, 5.41) is 6.07. The molecule has 0 radical (unpaired) electrons. The fourth-order valence-corrected chi connectivity index (χ4v) is 5.26. The number of thiazole rings is 1. The lowest BCUT2D eigenvalue weighted by Crippen LogP contribution is -2.19. The van der Waals surface area contributed by atoms with Crippen LogP contribution >= 0.6 is 39.0 Å². The number of hydrogen-bond acceptors (Lipinski definition) is 7. The van der Waals surface area contributed by atoms with Crippen LogP contribution in [0.25, 0.3) is 11.3 Å². The third-order valence-corrected chi connectivity index (χ3v) is 7.39. The minimum Gasteiger partial charge on any atom is -0.493 e. The van der Waals surface area contributed by atoms with E-state index >= 15 is 0 Å². The molecule has 1 N–H and O–H groups in total. The number of ether oxygens (including phenoxy) is 2. The molecule has 2 aromatic carbocycles. The van der Waals surface area contributed by atoms with E-state index in [-0.39, 0.29) is 11.7 Å². The third-order valence-electron chi connectivity index (χ3n) is 4.78. The van der Waals surface area contributed by atoms with Crippen molar-refractivity contribution >= 4 is 51.2 Å². The number of nitrogens with zero attached hydrogens (tertiary/aromatic N) is 2. The molecule has 0 aliphatic heterocycles. The van der Waals surface area contributed by atoms with E-state index in [1.165, 1.54) is 35.9 Å². The molecule has 3 aromatic rings. The Balaban J connectivity index is 1.49. The third kappa shape index (κ3) is 8.14. The van der Waals surface area contributed by atoms with Crippen molar-refractivity contribution in [2.45, 2.75) is 36.9 Å². The molecule has 3 rings (SSSR count). The van der Waals surface area contributed by atoms with E-state index in [0.29, 0.717) is 18.1 Å². The fourth-order valence-electron chi connectivity index (χ4n) is 3.06. The van der Waals surface area contributed by atoms with Gasteiger partial charge in [-0.05, 0) is 40.0 Å². The molecule has 0 spiro atoms. The lowest BCUT2D eigenvalue weighted by atomic mass is 10.2. The Morgan fingerprint density at radius 3 is 2.82 bits per heavy atom. The summed E-state index contributed by atoms with van der Waals surface area (Å²) < 4.78 is 13.0. The summed E-state index contributed by atoms with van der Waals surface area (Å²) in [6.45, 7) is 2.83. The van der Waals surface area contributed by atoms with Gasteiger partial charge in [-0.2, -0.15) is 5.10 Å². The Bertz CT molecular complexity index is 1090. The first-order valence-electron chi connectivity index (χ1n) is 11.1. The Morgan fingerprint density at radius 1 is 1.24 bits per heavy atom. The average Bonchev–Trinajstić information content (AvgIpc) is 3.33. The Labute approximate surface area is 217 Å². The Kier molecular flexibility index (Phi) is 10.9. The van der Waals surface area contributed by atoms with Gasteiger partial charge >= 0.3 is 0 Å². The van der Waals surface area contributed by atoms with E-state index in [9.17, 15) is 4.79 Å². The number of nitrogens with one attached hydrogen (secondary N) is 1. The molecule has 6 nitrogen and oxygen atoms in total. The largest absolute Gasteiger partial charge is 0.493 e. The highest BCUT2D eigenvalue weighted by Gasteiger charge is 2.12. The first-order chi connectivity index (χ1) is 16.6. The van der Waals surface area contributed by atoms with Crippen LogP contribution in [0.3, 0.4) is 0 Å². The number of hydrogen-bond donors (Lipinski definition) is 1. The zero-order valence-electron chi connectivity index (χ0n) is 19.3. The predicted molar refractivity (Wildman–Crippen MR) is 144 cm³/mol. The van der Waals surface area contributed by atoms with E-state index in [1.807, 2.05) is 47.8 Å². The van der Waals surface area contributed by atoms with Crippen molar-refractivity contribution in [3.63, 3.8) is 0 Å². The monoisotopic (exact) mass is 561 g/mol. The molecule has 180 valence electrons. The number of aromatic nitrogens is 1. The van der Waals surface area contributed by atoms with Gasteiger partial charge < -0.3 is 9.47 Å². The molecule has 0 atom stereocenters. The molecule has 0 unspecified atom stereocenters. The lowest BCUT2D eigenvalue weighted by Gasteiger charge is -2.13. The maximum atomic E-state index is 12.2. The second kappa shape index (κ2) is 14.1. The van der Waals surface area contributed by atoms with Crippen LogP contribution in [0, 0.1) is 0 Å². The number of halogens is 1. The van der Waals surface area contributed by atoms with Gasteiger partial charge in [0, 0.05) is 10.9 Å². The molecule has 9 heteroatoms. The van der Waals surface area contributed by atoms with Crippen LogP contribution in [0.15, 0.2) is 61.8 Å². The molecule has 0 aliphatic rings. The number of carbonyl (C=O) groups excluding carboxylic acids is 1. The molecule has 0 aliphatic carbocycles. The van der Waals surface area contributed by atoms with Crippen molar-refractivity contribution < 1.29 is 14.3 Å². The first-order valence-corrected chi connectivity index (χ1v) is 13.7. The topological polar surface area (TPSA) is 72.8 Å². The van der Waals surface area contributed by atoms with Gasteiger partial charge in [-0.1, -0.05) is 68.3 Å². The Hall–Kier alpha value is -2.36. The second-order valence-corrected chi connectivity index (χ2v) is 10.3. The fraction of sp³-hybridized carbons (Fsp3) is 0.320. The minimum atomic E-state index is -0.198. The SMILES string of the molecule is CCCCCCOc1c(Br)cc(/C=N/NC(=O)CSc2nc(-c3ccccc3)cs2)cc1OC. The summed E-state index contributed by atoms with van der Waals surface area (Å²) >= 11 is 6.47. The van der Waals surface area contributed by atoms with Crippen molar-refractivity contribution in [1.82, 2.24) is 10.4 Å². The standard InChI is InChI=1S/C25H28BrN3O3S2/c1-3-4-5-9-12-32-24-20(26)13-18(14-22(24)31-2)15-27-29-23(30)17-34-25-28-21(16-33-25)19-10-7-6-8-11-19/h6-8,10-11,13-16H,3-5,9,12,17H2,1-2H3,(H,29,30)/b27-15+. The van der Waals surface area contributed by atoms with Crippen molar-refractivity contribution in [3.05, 3.63) is 57.9 Å². The number of amides is 1. The first kappa shape index (κ1) is 26.2. The molecule has 0 saturated heterocycles. The Morgan fingerprint density at radius 2 is 2.06 bits per heavy atom. The lowest BCUT2D eigenvalue weighted by molar-refractivity contribution is -0.118. The van der Waals surface area contributed by atoms with Gasteiger partial charge in [0.05, 0.1) is 35.9 Å². The molecular weight excluding hydrogens is 534 g/mol. The van der Waals surface area contributed by atoms with Crippen molar-refractivity contribution in [2.75, 3.05) is 19.5 Å². The second-order valence-electron chi connectivity index (χ2n) is 7.39. The van der Waals surface area contributed by atoms with Gasteiger partial charge in [-0.3, -0.25) is 4.79 Å². The summed E-state index contributed by atoms with van der Waals surface area (Å²) in [5.41, 5.74) is 5.32. The van der Waals surface area contributed by atoms with Crippen LogP contribution < -0.4 is 14.9 Å². The van der Waals surface area contributed by atoms with Crippen LogP contribution in [0.4, 0.5) is 0 Å². The maximum Gasteiger partial charge on any atom is 0.250 e. The van der Waals surface area contributed by atoms with Crippen molar-refractivity contribution in [1.29, 1.82) is 0 Å². The van der Waals surface area contributed by atoms with Crippen molar-refractivity contribution in [3.8, 4) is 22.8 Å². The van der Waals surface area contributed by atoms with E-state index in [1.54, 1.807) is 13.3 Å². The van der Waals surface area contributed by atoms with E-state index in [4.69, 9.17) is 9.47 Å². The summed E-state index contributed by atoms with van der Waals surface area (Å²) in [4.78, 5) is 16.8. The van der Waals surface area contributed by atoms with Gasteiger partial charge in [-0.25, -0.2) is 10.4 Å². The van der Waals surface area contributed by atoms with Crippen LogP contribution in [0.2, 0.25) is 0 Å². The highest BCUT2D eigenvalue weighted by molar-refractivity contribution is 9.10. The predicted octanol–water partition coefficient (Wildman–Crippen LogP) is 6.78. The van der Waals surface area contributed by atoms with E-state index in [0.717, 1.165) is 38.5 Å². The molecule has 0 saturated carbocycles. The quantitative estimate of drug-likeness (QED) is 0.108. The highest BCUT2D eigenvalue weighted by atomic mass is 79.9. The number of methoxy groups -OCH3 is 1. The summed E-state index contributed by atoms with van der Waals surface area (Å²) in [7, 11) is 1.60. The number of thioether (sulfide) groups is 1. The smallest absolute Gasteiger partial charge is 0.250 e. The molecule has 0 fully saturated rings. The normalized spacial score (nSPS) is 11.0. The van der Waals surface area contributed by atoms with Crippen LogP contribution in [-0.2, 0) is 4.79 Å². The van der Waals surface area contributed by atoms with E-state index < -0.39 is 0 Å². The van der Waals surface area contributed by atoms with Gasteiger partial charge in [0.1, 0.15) is 0 Å². The van der Waals surface area contributed by atoms with Crippen LogP contribution in [-0.4, -0.2) is 36.6 Å². The van der Waals surface area contributed by atoms with Gasteiger partial charge in [0.2, 0.25) is 0 Å². The van der Waals surface area contributed by atoms with E-state index in [2.05, 4.69) is 38.4 Å². The molecule has 0 bridgehead atoms. The van der Waals surface area contributed by atoms with Gasteiger partial charge in [0.15, 0.2) is 15.8 Å². The summed E-state index contributed by atoms with van der Waals surface area (Å²) in [5.74, 6) is 1.33. The number of benzene rings is 2. The minimum absolute atomic E-state index is 0.198. The number of unbranched alkanes of at least 4 members (excludes halogenated alkanes) is 3. The molecule has 34 heavy (non-hydrogen) atoms. The maximum absolute atomic E-state index is 12.2.